The molecule has 0 aromatic heterocycles. The van der Waals surface area contributed by atoms with Gasteiger partial charge in [-0.2, -0.15) is 0 Å². The number of rotatable bonds is 3. The number of cyclic esters (lactones) is 1. The highest BCUT2D eigenvalue weighted by atomic mass is 35.5. The number of benzene rings is 1. The molecule has 2 fully saturated rings. The van der Waals surface area contributed by atoms with Crippen LogP contribution in [0.15, 0.2) is 48.6 Å². The Kier molecular flexibility index (Phi) is 7.54. The van der Waals surface area contributed by atoms with E-state index in [0.29, 0.717) is 17.1 Å². The van der Waals surface area contributed by atoms with Crippen LogP contribution in [0.5, 0.6) is 0 Å². The molecule has 0 bridgehead atoms. The molecule has 39 heavy (non-hydrogen) atoms. The highest BCUT2D eigenvalue weighted by Gasteiger charge is 2.72. The second-order valence-electron chi connectivity index (χ2n) is 10.5. The van der Waals surface area contributed by atoms with Crippen LogP contribution in [0.2, 0.25) is 5.02 Å². The van der Waals surface area contributed by atoms with Crippen molar-refractivity contribution < 1.29 is 33.8 Å². The number of esters is 1. The quantitative estimate of drug-likeness (QED) is 0.427. The highest BCUT2D eigenvalue weighted by Crippen LogP contribution is 2.53. The normalized spacial score (nSPS) is 34.6. The number of anilines is 1. The van der Waals surface area contributed by atoms with Gasteiger partial charge in [-0.15, -0.1) is 0 Å². The summed E-state index contributed by atoms with van der Waals surface area (Å²) in [5.74, 6) is -3.72. The highest BCUT2D eigenvalue weighted by molar-refractivity contribution is 6.30. The number of aliphatic hydroxyl groups excluding tert-OH is 1. The van der Waals surface area contributed by atoms with Crippen LogP contribution in [0.3, 0.4) is 0 Å². The molecular formula is C28H32ClN3O7. The third-order valence-electron chi connectivity index (χ3n) is 7.85. The van der Waals surface area contributed by atoms with E-state index >= 15 is 0 Å². The van der Waals surface area contributed by atoms with E-state index in [1.807, 2.05) is 0 Å². The number of hydrogen-bond donors (Lipinski definition) is 2. The van der Waals surface area contributed by atoms with Gasteiger partial charge in [-0.05, 0) is 44.5 Å². The van der Waals surface area contributed by atoms with E-state index in [4.69, 9.17) is 21.1 Å². The number of amides is 3. The van der Waals surface area contributed by atoms with Crippen molar-refractivity contribution in [3.63, 3.8) is 0 Å². The summed E-state index contributed by atoms with van der Waals surface area (Å²) >= 11 is 6.06. The van der Waals surface area contributed by atoms with E-state index in [-0.39, 0.29) is 32.0 Å². The van der Waals surface area contributed by atoms with Gasteiger partial charge in [-0.3, -0.25) is 19.2 Å². The summed E-state index contributed by atoms with van der Waals surface area (Å²) in [4.78, 5) is 56.9. The number of nitrogens with one attached hydrogen (secondary N) is 1. The summed E-state index contributed by atoms with van der Waals surface area (Å²) in [6.07, 6.45) is 6.12. The maximum atomic E-state index is 14.3. The van der Waals surface area contributed by atoms with Crippen molar-refractivity contribution in [1.82, 2.24) is 10.2 Å². The standard InChI is InChI=1S/C28H32ClN3O7/c1-16(15-33)32-24-26(36)31(19-10-8-18(29)9-11-19)13-5-12-28(24)23(25(32)35)22-20(39-28)6-3-4-7-21(34)30-14-17(2)38-27(22)37/h3,5-6,8-12,16-17,20,22-24,33H,4,7,13-15H2,1-2H3,(H,30,34)/b6-3-/t16-,17+,20+,22-,23-,24+,28-/m1/s1. The molecule has 10 nitrogen and oxygen atoms in total. The largest absolute Gasteiger partial charge is 0.460 e. The fourth-order valence-electron chi connectivity index (χ4n) is 6.02. The summed E-state index contributed by atoms with van der Waals surface area (Å²) in [7, 11) is 0. The molecule has 7 atom stereocenters. The first-order valence-corrected chi connectivity index (χ1v) is 13.5. The Bertz CT molecular complexity index is 1220. The number of likely N-dealkylation sites (tertiary alicyclic amines) is 1. The van der Waals surface area contributed by atoms with E-state index in [0.717, 1.165) is 0 Å². The van der Waals surface area contributed by atoms with Gasteiger partial charge in [0.05, 0.1) is 31.2 Å². The average molecular weight is 558 g/mol. The zero-order chi connectivity index (χ0) is 27.9. The van der Waals surface area contributed by atoms with Crippen LogP contribution in [-0.4, -0.2) is 83.3 Å². The zero-order valence-electron chi connectivity index (χ0n) is 21.8. The van der Waals surface area contributed by atoms with Crippen molar-refractivity contribution in [1.29, 1.82) is 0 Å². The predicted molar refractivity (Wildman–Crippen MR) is 142 cm³/mol. The summed E-state index contributed by atoms with van der Waals surface area (Å²) in [5.41, 5.74) is -0.872. The Morgan fingerprint density at radius 1 is 1.15 bits per heavy atom. The van der Waals surface area contributed by atoms with Gasteiger partial charge in [0.25, 0.3) is 5.91 Å². The minimum Gasteiger partial charge on any atom is -0.460 e. The first kappa shape index (κ1) is 27.4. The van der Waals surface area contributed by atoms with Gasteiger partial charge in [-0.1, -0.05) is 35.9 Å². The second kappa shape index (κ2) is 10.7. The molecule has 5 rings (SSSR count). The number of nitrogens with zero attached hydrogens (tertiary/aromatic N) is 2. The van der Waals surface area contributed by atoms with Crippen LogP contribution in [0.1, 0.15) is 26.7 Å². The molecule has 2 N–H and O–H groups in total. The van der Waals surface area contributed by atoms with Crippen molar-refractivity contribution in [2.24, 2.45) is 11.8 Å². The maximum absolute atomic E-state index is 14.3. The lowest BCUT2D eigenvalue weighted by Gasteiger charge is -2.37. The number of aliphatic hydroxyl groups is 1. The van der Waals surface area contributed by atoms with Gasteiger partial charge in [0, 0.05) is 23.7 Å². The van der Waals surface area contributed by atoms with Crippen LogP contribution in [0.4, 0.5) is 5.69 Å². The van der Waals surface area contributed by atoms with Crippen molar-refractivity contribution in [2.75, 3.05) is 24.6 Å². The molecule has 1 aromatic carbocycles. The van der Waals surface area contributed by atoms with E-state index in [1.165, 1.54) is 4.90 Å². The number of fused-ring (bicyclic) bond motifs is 2. The van der Waals surface area contributed by atoms with Gasteiger partial charge in [-0.25, -0.2) is 0 Å². The molecule has 2 saturated heterocycles. The molecule has 1 aromatic rings. The minimum absolute atomic E-state index is 0.140. The molecule has 4 aliphatic heterocycles. The molecule has 4 heterocycles. The molecular weight excluding hydrogens is 526 g/mol. The summed E-state index contributed by atoms with van der Waals surface area (Å²) in [6, 6.07) is 4.96. The van der Waals surface area contributed by atoms with Crippen LogP contribution >= 0.6 is 11.6 Å². The number of carbonyl (C=O) groups is 4. The van der Waals surface area contributed by atoms with Crippen molar-refractivity contribution in [3.05, 3.63) is 53.6 Å². The maximum Gasteiger partial charge on any atom is 0.313 e. The SMILES string of the molecule is C[C@H](CO)N1C(=O)[C@H]2[C@@H]3C(=O)O[C@@H](C)CNC(=O)CC/C=C\[C@@H]3O[C@]23C=CCN(c2ccc(Cl)cc2)C(=O)[C@H]13. The zero-order valence-corrected chi connectivity index (χ0v) is 22.5. The molecule has 1 spiro atoms. The van der Waals surface area contributed by atoms with Crippen molar-refractivity contribution in [2.45, 2.75) is 56.6 Å². The first-order valence-electron chi connectivity index (χ1n) is 13.2. The van der Waals surface area contributed by atoms with E-state index in [9.17, 15) is 24.3 Å². The van der Waals surface area contributed by atoms with Crippen LogP contribution in [0.25, 0.3) is 0 Å². The van der Waals surface area contributed by atoms with Crippen LogP contribution < -0.4 is 10.2 Å². The molecule has 0 saturated carbocycles. The molecule has 0 aliphatic carbocycles. The number of halogens is 1. The topological polar surface area (TPSA) is 125 Å². The number of hydrogen-bond acceptors (Lipinski definition) is 7. The molecule has 3 amide bonds. The molecule has 4 aliphatic rings. The summed E-state index contributed by atoms with van der Waals surface area (Å²) in [5, 5.41) is 13.3. The number of carbonyl (C=O) groups excluding carboxylic acids is 4. The molecule has 11 heteroatoms. The molecule has 0 radical (unpaired) electrons. The fourth-order valence-corrected chi connectivity index (χ4v) is 6.14. The van der Waals surface area contributed by atoms with E-state index in [1.54, 1.807) is 67.3 Å². The van der Waals surface area contributed by atoms with E-state index in [2.05, 4.69) is 5.32 Å². The Labute approximate surface area is 231 Å². The smallest absolute Gasteiger partial charge is 0.313 e. The van der Waals surface area contributed by atoms with Crippen LogP contribution in [-0.2, 0) is 28.7 Å². The lowest BCUT2D eigenvalue weighted by atomic mass is 9.78. The molecule has 208 valence electrons. The van der Waals surface area contributed by atoms with Crippen molar-refractivity contribution in [3.8, 4) is 0 Å². The number of allylic oxidation sites excluding steroid dienone is 1. The lowest BCUT2D eigenvalue weighted by Crippen LogP contribution is -2.57. The summed E-state index contributed by atoms with van der Waals surface area (Å²) < 4.78 is 12.3. The Morgan fingerprint density at radius 3 is 2.62 bits per heavy atom. The second-order valence-corrected chi connectivity index (χ2v) is 10.9. The van der Waals surface area contributed by atoms with Crippen molar-refractivity contribution >= 4 is 41.0 Å². The molecule has 0 unspecified atom stereocenters. The van der Waals surface area contributed by atoms with Gasteiger partial charge in [0.1, 0.15) is 23.7 Å². The van der Waals surface area contributed by atoms with Gasteiger partial charge >= 0.3 is 5.97 Å². The monoisotopic (exact) mass is 557 g/mol. The van der Waals surface area contributed by atoms with Gasteiger partial charge < -0.3 is 29.7 Å². The van der Waals surface area contributed by atoms with Crippen LogP contribution in [0, 0.1) is 11.8 Å². The Hall–Kier alpha value is -3.21. The average Bonchev–Trinajstić information content (AvgIpc) is 3.30. The minimum atomic E-state index is -1.46. The first-order chi connectivity index (χ1) is 18.7. The third-order valence-corrected chi connectivity index (χ3v) is 8.10. The lowest BCUT2D eigenvalue weighted by molar-refractivity contribution is -0.159. The Balaban J connectivity index is 1.60. The predicted octanol–water partition coefficient (Wildman–Crippen LogP) is 1.60. The summed E-state index contributed by atoms with van der Waals surface area (Å²) in [6.45, 7) is 3.30. The van der Waals surface area contributed by atoms with Gasteiger partial charge in [0.15, 0.2) is 0 Å². The third kappa shape index (κ3) is 4.74. The fraction of sp³-hybridized carbons (Fsp3) is 0.500. The Morgan fingerprint density at radius 2 is 1.90 bits per heavy atom. The number of ether oxygens (including phenoxy) is 2. The van der Waals surface area contributed by atoms with Gasteiger partial charge in [0.2, 0.25) is 11.8 Å². The van der Waals surface area contributed by atoms with E-state index < -0.39 is 59.5 Å².